The lowest BCUT2D eigenvalue weighted by Crippen LogP contribution is -2.29. The van der Waals surface area contributed by atoms with Crippen LogP contribution in [0.25, 0.3) is 0 Å². The zero-order chi connectivity index (χ0) is 19.4. The molecule has 1 atom stereocenters. The van der Waals surface area contributed by atoms with E-state index in [0.717, 1.165) is 6.42 Å². The maximum Gasteiger partial charge on any atom is 0.390 e. The van der Waals surface area contributed by atoms with Crippen molar-refractivity contribution < 1.29 is 14.5 Å². The van der Waals surface area contributed by atoms with E-state index in [0.29, 0.717) is 12.2 Å². The summed E-state index contributed by atoms with van der Waals surface area (Å²) in [5.74, 6) is -1.15. The normalized spacial score (nSPS) is 11.8. The highest BCUT2D eigenvalue weighted by Gasteiger charge is 2.26. The van der Waals surface area contributed by atoms with E-state index < -0.39 is 16.9 Å². The van der Waals surface area contributed by atoms with Crippen LogP contribution in [-0.2, 0) is 11.8 Å². The van der Waals surface area contributed by atoms with Gasteiger partial charge in [0.2, 0.25) is 0 Å². The molecule has 2 amide bonds. The molecule has 0 fully saturated rings. The number of nitrogens with zero attached hydrogens (tertiary/aromatic N) is 5. The van der Waals surface area contributed by atoms with Crippen molar-refractivity contribution in [3.63, 3.8) is 0 Å². The summed E-state index contributed by atoms with van der Waals surface area (Å²) in [6.07, 6.45) is 2.16. The van der Waals surface area contributed by atoms with Crippen LogP contribution in [0.15, 0.2) is 12.3 Å². The van der Waals surface area contributed by atoms with Crippen LogP contribution in [0.5, 0.6) is 0 Å². The van der Waals surface area contributed by atoms with E-state index in [4.69, 9.17) is 0 Å². The second-order valence-corrected chi connectivity index (χ2v) is 5.80. The Morgan fingerprint density at radius 2 is 2.12 bits per heavy atom. The Hall–Kier alpha value is -3.24. The summed E-state index contributed by atoms with van der Waals surface area (Å²) in [6, 6.07) is 0.479. The van der Waals surface area contributed by atoms with E-state index >= 15 is 0 Å². The highest BCUT2D eigenvalue weighted by atomic mass is 16.6. The van der Waals surface area contributed by atoms with Crippen molar-refractivity contribution in [3.05, 3.63) is 33.8 Å². The first-order valence-corrected chi connectivity index (χ1v) is 8.07. The Labute approximate surface area is 149 Å². The van der Waals surface area contributed by atoms with Gasteiger partial charge in [-0.3, -0.25) is 14.3 Å². The number of nitrogens with one attached hydrogen (secondary N) is 2. The Balaban J connectivity index is 2.20. The molecule has 11 heteroatoms. The van der Waals surface area contributed by atoms with E-state index in [1.807, 2.05) is 6.92 Å². The average molecular weight is 363 g/mol. The molecule has 0 aromatic carbocycles. The standard InChI is InChI=1S/C15H21N7O4/c1-5-6-16-15(24)13-11(8-17-20(13)4)18-14(23)10(3)21-9(2)7-12(19-21)22(25)26/h7-8,10H,5-6H2,1-4H3,(H,16,24)(H,18,23). The van der Waals surface area contributed by atoms with Crippen molar-refractivity contribution >= 4 is 23.3 Å². The van der Waals surface area contributed by atoms with Crippen molar-refractivity contribution in [2.45, 2.75) is 33.2 Å². The summed E-state index contributed by atoms with van der Waals surface area (Å²) in [7, 11) is 1.60. The molecule has 1 unspecified atom stereocenters. The molecule has 0 saturated heterocycles. The van der Waals surface area contributed by atoms with Gasteiger partial charge in [0.1, 0.15) is 11.7 Å². The Morgan fingerprint density at radius 1 is 1.42 bits per heavy atom. The minimum Gasteiger partial charge on any atom is -0.358 e. The van der Waals surface area contributed by atoms with Gasteiger partial charge in [0.25, 0.3) is 11.8 Å². The fourth-order valence-electron chi connectivity index (χ4n) is 2.42. The number of anilines is 1. The molecule has 0 aliphatic heterocycles. The molecule has 0 aliphatic rings. The molecule has 2 aromatic heterocycles. The number of amides is 2. The summed E-state index contributed by atoms with van der Waals surface area (Å²) >= 11 is 0. The summed E-state index contributed by atoms with van der Waals surface area (Å²) in [6.45, 7) is 5.62. The average Bonchev–Trinajstić information content (AvgIpc) is 3.15. The molecule has 0 saturated carbocycles. The van der Waals surface area contributed by atoms with E-state index in [1.165, 1.54) is 21.6 Å². The Kier molecular flexibility index (Phi) is 5.70. The second-order valence-electron chi connectivity index (χ2n) is 5.80. The van der Waals surface area contributed by atoms with Gasteiger partial charge in [-0.1, -0.05) is 6.92 Å². The highest BCUT2D eigenvalue weighted by molar-refractivity contribution is 6.03. The topological polar surface area (TPSA) is 137 Å². The van der Waals surface area contributed by atoms with Crippen LogP contribution in [0.1, 0.15) is 42.5 Å². The van der Waals surface area contributed by atoms with Crippen LogP contribution < -0.4 is 10.6 Å². The van der Waals surface area contributed by atoms with Gasteiger partial charge in [-0.05, 0) is 25.2 Å². The van der Waals surface area contributed by atoms with E-state index in [1.54, 1.807) is 20.9 Å². The highest BCUT2D eigenvalue weighted by Crippen LogP contribution is 2.19. The van der Waals surface area contributed by atoms with Gasteiger partial charge in [-0.25, -0.2) is 0 Å². The maximum absolute atomic E-state index is 12.5. The van der Waals surface area contributed by atoms with Crippen LogP contribution in [0.3, 0.4) is 0 Å². The van der Waals surface area contributed by atoms with Crippen LogP contribution in [0, 0.1) is 17.0 Å². The van der Waals surface area contributed by atoms with Gasteiger partial charge < -0.3 is 20.7 Å². The largest absolute Gasteiger partial charge is 0.390 e. The number of carbonyl (C=O) groups excluding carboxylic acids is 2. The first kappa shape index (κ1) is 19.1. The minimum absolute atomic E-state index is 0.224. The molecular weight excluding hydrogens is 342 g/mol. The number of hydrogen-bond acceptors (Lipinski definition) is 6. The zero-order valence-electron chi connectivity index (χ0n) is 15.0. The third-order valence-electron chi connectivity index (χ3n) is 3.79. The van der Waals surface area contributed by atoms with Crippen molar-refractivity contribution in [3.8, 4) is 0 Å². The molecule has 0 radical (unpaired) electrons. The maximum atomic E-state index is 12.5. The third-order valence-corrected chi connectivity index (χ3v) is 3.79. The summed E-state index contributed by atoms with van der Waals surface area (Å²) in [4.78, 5) is 35.0. The number of carbonyl (C=O) groups is 2. The predicted molar refractivity (Wildman–Crippen MR) is 92.8 cm³/mol. The van der Waals surface area contributed by atoms with Gasteiger partial charge >= 0.3 is 5.82 Å². The van der Waals surface area contributed by atoms with Gasteiger partial charge in [-0.2, -0.15) is 9.78 Å². The first-order valence-electron chi connectivity index (χ1n) is 8.07. The molecule has 26 heavy (non-hydrogen) atoms. The number of aryl methyl sites for hydroxylation is 2. The summed E-state index contributed by atoms with van der Waals surface area (Å²) in [5, 5.41) is 24.0. The lowest BCUT2D eigenvalue weighted by molar-refractivity contribution is -0.389. The number of nitro groups is 1. The van der Waals surface area contributed by atoms with Crippen molar-refractivity contribution in [1.29, 1.82) is 0 Å². The molecule has 0 spiro atoms. The van der Waals surface area contributed by atoms with Crippen LogP contribution >= 0.6 is 0 Å². The molecule has 2 heterocycles. The molecule has 2 N–H and O–H groups in total. The fourth-order valence-corrected chi connectivity index (χ4v) is 2.42. The zero-order valence-corrected chi connectivity index (χ0v) is 15.0. The van der Waals surface area contributed by atoms with Crippen molar-refractivity contribution in [2.75, 3.05) is 11.9 Å². The number of hydrogen-bond donors (Lipinski definition) is 2. The summed E-state index contributed by atoms with van der Waals surface area (Å²) in [5.41, 5.74) is 0.964. The molecule has 11 nitrogen and oxygen atoms in total. The molecular formula is C15H21N7O4. The van der Waals surface area contributed by atoms with Crippen LogP contribution in [0.4, 0.5) is 11.5 Å². The lowest BCUT2D eigenvalue weighted by atomic mass is 10.2. The van der Waals surface area contributed by atoms with Gasteiger partial charge in [0.05, 0.1) is 28.7 Å². The van der Waals surface area contributed by atoms with Crippen LogP contribution in [-0.4, -0.2) is 42.8 Å². The predicted octanol–water partition coefficient (Wildman–Crippen LogP) is 1.17. The number of rotatable bonds is 7. The van der Waals surface area contributed by atoms with Gasteiger partial charge in [-0.15, -0.1) is 0 Å². The fraction of sp³-hybridized carbons (Fsp3) is 0.467. The van der Waals surface area contributed by atoms with Gasteiger partial charge in [0, 0.05) is 13.6 Å². The lowest BCUT2D eigenvalue weighted by Gasteiger charge is -2.12. The first-order chi connectivity index (χ1) is 12.3. The smallest absolute Gasteiger partial charge is 0.358 e. The van der Waals surface area contributed by atoms with E-state index in [9.17, 15) is 19.7 Å². The second kappa shape index (κ2) is 7.76. The van der Waals surface area contributed by atoms with Crippen molar-refractivity contribution in [1.82, 2.24) is 24.9 Å². The Bertz CT molecular complexity index is 839. The van der Waals surface area contributed by atoms with E-state index in [2.05, 4.69) is 20.8 Å². The van der Waals surface area contributed by atoms with E-state index in [-0.39, 0.29) is 23.1 Å². The van der Waals surface area contributed by atoms with Crippen LogP contribution in [0.2, 0.25) is 0 Å². The molecule has 0 bridgehead atoms. The van der Waals surface area contributed by atoms with Gasteiger partial charge in [0.15, 0.2) is 0 Å². The quantitative estimate of drug-likeness (QED) is 0.559. The third kappa shape index (κ3) is 3.87. The number of aromatic nitrogens is 4. The molecule has 2 aromatic rings. The molecule has 2 rings (SSSR count). The monoisotopic (exact) mass is 363 g/mol. The Morgan fingerprint density at radius 3 is 2.69 bits per heavy atom. The minimum atomic E-state index is -0.810. The summed E-state index contributed by atoms with van der Waals surface area (Å²) < 4.78 is 2.63. The van der Waals surface area contributed by atoms with Crippen molar-refractivity contribution in [2.24, 2.45) is 7.05 Å². The SMILES string of the molecule is CCCNC(=O)c1c(NC(=O)C(C)n2nc([N+](=O)[O-])cc2C)cnn1C. The molecule has 140 valence electrons. The molecule has 0 aliphatic carbocycles.